The first kappa shape index (κ1) is 19.5. The van der Waals surface area contributed by atoms with Gasteiger partial charge in [-0.1, -0.05) is 26.2 Å². The average molecular weight is 339 g/mol. The number of carbonyl (C=O) groups excluding carboxylic acids is 1. The van der Waals surface area contributed by atoms with Crippen LogP contribution in [0.15, 0.2) is 0 Å². The lowest BCUT2D eigenvalue weighted by Gasteiger charge is -2.31. The minimum atomic E-state index is -0.0135. The Bertz CT molecular complexity index is 357. The molecule has 1 saturated carbocycles. The molecule has 0 bridgehead atoms. The molecule has 2 fully saturated rings. The van der Waals surface area contributed by atoms with Gasteiger partial charge in [0.25, 0.3) is 0 Å². The molecule has 0 aromatic carbocycles. The molecule has 2 amide bonds. The number of urea groups is 1. The molecule has 0 aromatic rings. The van der Waals surface area contributed by atoms with Gasteiger partial charge >= 0.3 is 6.03 Å². The fraction of sp³-hybridized carbons (Fsp3) is 0.947. The Balaban J connectivity index is 1.46. The first-order valence-corrected chi connectivity index (χ1v) is 10.1. The van der Waals surface area contributed by atoms with Crippen molar-refractivity contribution < 1.29 is 4.79 Å². The Morgan fingerprint density at radius 3 is 2.58 bits per heavy atom. The summed E-state index contributed by atoms with van der Waals surface area (Å²) in [5, 5.41) is 5.98. The Labute approximate surface area is 148 Å². The van der Waals surface area contributed by atoms with Gasteiger partial charge in [-0.2, -0.15) is 0 Å². The largest absolute Gasteiger partial charge is 0.338 e. The third-order valence-electron chi connectivity index (χ3n) is 5.63. The number of amides is 2. The molecule has 5 nitrogen and oxygen atoms in total. The average Bonchev–Trinajstić information content (AvgIpc) is 2.59. The molecule has 2 rings (SSSR count). The molecule has 1 saturated heterocycles. The van der Waals surface area contributed by atoms with Crippen LogP contribution >= 0.6 is 0 Å². The normalized spacial score (nSPS) is 23.4. The minimum Gasteiger partial charge on any atom is -0.338 e. The summed E-state index contributed by atoms with van der Waals surface area (Å²) in [6.45, 7) is 8.25. The van der Waals surface area contributed by atoms with Crippen LogP contribution in [0.25, 0.3) is 0 Å². The fourth-order valence-corrected chi connectivity index (χ4v) is 4.11. The summed E-state index contributed by atoms with van der Waals surface area (Å²) in [4.78, 5) is 16.8. The van der Waals surface area contributed by atoms with Crippen LogP contribution in [0.5, 0.6) is 0 Å². The molecular formula is C19H38N4O. The Morgan fingerprint density at radius 1 is 1.08 bits per heavy atom. The van der Waals surface area contributed by atoms with E-state index >= 15 is 0 Å². The second-order valence-electron chi connectivity index (χ2n) is 7.86. The Kier molecular flexibility index (Phi) is 8.89. The number of hydrogen-bond acceptors (Lipinski definition) is 3. The van der Waals surface area contributed by atoms with Gasteiger partial charge in [-0.25, -0.2) is 4.79 Å². The van der Waals surface area contributed by atoms with Crippen molar-refractivity contribution in [1.82, 2.24) is 20.4 Å². The molecular weight excluding hydrogens is 300 g/mol. The van der Waals surface area contributed by atoms with Crippen LogP contribution in [0.3, 0.4) is 0 Å². The molecule has 2 aliphatic rings. The molecule has 0 aromatic heterocycles. The highest BCUT2D eigenvalue weighted by atomic mass is 16.2. The molecule has 1 heterocycles. The van der Waals surface area contributed by atoms with Gasteiger partial charge < -0.3 is 20.4 Å². The van der Waals surface area contributed by atoms with E-state index in [0.29, 0.717) is 0 Å². The van der Waals surface area contributed by atoms with Crippen molar-refractivity contribution in [3.8, 4) is 0 Å². The van der Waals surface area contributed by atoms with E-state index in [2.05, 4.69) is 34.4 Å². The molecule has 24 heavy (non-hydrogen) atoms. The summed E-state index contributed by atoms with van der Waals surface area (Å²) in [6, 6.07) is 0.750. The summed E-state index contributed by atoms with van der Waals surface area (Å²) in [6.07, 6.45) is 10.5. The van der Waals surface area contributed by atoms with Crippen LogP contribution in [0.2, 0.25) is 0 Å². The second kappa shape index (κ2) is 10.9. The van der Waals surface area contributed by atoms with E-state index in [4.69, 9.17) is 0 Å². The van der Waals surface area contributed by atoms with Crippen LogP contribution in [-0.2, 0) is 0 Å². The predicted octanol–water partition coefficient (Wildman–Crippen LogP) is 2.67. The minimum absolute atomic E-state index is 0.0135. The fourth-order valence-electron chi connectivity index (χ4n) is 4.11. The number of nitrogens with one attached hydrogen (secondary N) is 2. The maximum atomic E-state index is 11.8. The monoisotopic (exact) mass is 338 g/mol. The standard InChI is InChI=1S/C19H38N4O/c1-17-8-6-14-23(16-17)15-12-21-19(24)20-11-7-13-22(2)18-9-4-3-5-10-18/h17-18H,3-16H2,1-2H3,(H2,20,21,24). The maximum Gasteiger partial charge on any atom is 0.314 e. The summed E-state index contributed by atoms with van der Waals surface area (Å²) in [5.74, 6) is 0.800. The van der Waals surface area contributed by atoms with Crippen molar-refractivity contribution in [2.45, 2.75) is 64.3 Å². The summed E-state index contributed by atoms with van der Waals surface area (Å²) >= 11 is 0. The number of hydrogen-bond donors (Lipinski definition) is 2. The van der Waals surface area contributed by atoms with Crippen LogP contribution in [-0.4, -0.2) is 68.2 Å². The van der Waals surface area contributed by atoms with E-state index in [0.717, 1.165) is 44.6 Å². The SMILES string of the molecule is CC1CCCN(CCNC(=O)NCCCN(C)C2CCCCC2)C1. The van der Waals surface area contributed by atoms with E-state index < -0.39 is 0 Å². The number of carbonyl (C=O) groups is 1. The van der Waals surface area contributed by atoms with Crippen LogP contribution < -0.4 is 10.6 Å². The zero-order valence-corrected chi connectivity index (χ0v) is 15.9. The van der Waals surface area contributed by atoms with Gasteiger partial charge in [0, 0.05) is 32.2 Å². The van der Waals surface area contributed by atoms with Crippen LogP contribution in [0, 0.1) is 5.92 Å². The summed E-state index contributed by atoms with van der Waals surface area (Å²) in [5.41, 5.74) is 0. The van der Waals surface area contributed by atoms with E-state index in [1.807, 2.05) is 0 Å². The van der Waals surface area contributed by atoms with Gasteiger partial charge in [-0.05, 0) is 58.2 Å². The smallest absolute Gasteiger partial charge is 0.314 e. The zero-order chi connectivity index (χ0) is 17.2. The van der Waals surface area contributed by atoms with Crippen molar-refractivity contribution in [2.24, 2.45) is 5.92 Å². The van der Waals surface area contributed by atoms with Gasteiger partial charge in [0.15, 0.2) is 0 Å². The van der Waals surface area contributed by atoms with Crippen molar-refractivity contribution in [2.75, 3.05) is 46.3 Å². The predicted molar refractivity (Wildman–Crippen MR) is 100 cm³/mol. The molecule has 0 radical (unpaired) electrons. The third kappa shape index (κ3) is 7.39. The van der Waals surface area contributed by atoms with E-state index in [9.17, 15) is 4.79 Å². The second-order valence-corrected chi connectivity index (χ2v) is 7.86. The van der Waals surface area contributed by atoms with Crippen molar-refractivity contribution >= 4 is 6.03 Å². The van der Waals surface area contributed by atoms with Crippen LogP contribution in [0.4, 0.5) is 4.79 Å². The van der Waals surface area contributed by atoms with Gasteiger partial charge in [-0.3, -0.25) is 0 Å². The number of likely N-dealkylation sites (tertiary alicyclic amines) is 1. The molecule has 1 unspecified atom stereocenters. The molecule has 5 heteroatoms. The summed E-state index contributed by atoms with van der Waals surface area (Å²) in [7, 11) is 2.23. The topological polar surface area (TPSA) is 47.6 Å². The van der Waals surface area contributed by atoms with Crippen LogP contribution in [0.1, 0.15) is 58.3 Å². The van der Waals surface area contributed by atoms with Gasteiger partial charge in [-0.15, -0.1) is 0 Å². The molecule has 0 spiro atoms. The highest BCUT2D eigenvalue weighted by molar-refractivity contribution is 5.73. The quantitative estimate of drug-likeness (QED) is 0.669. The maximum absolute atomic E-state index is 11.8. The van der Waals surface area contributed by atoms with Gasteiger partial charge in [0.1, 0.15) is 0 Å². The zero-order valence-electron chi connectivity index (χ0n) is 15.9. The summed E-state index contributed by atoms with van der Waals surface area (Å²) < 4.78 is 0. The lowest BCUT2D eigenvalue weighted by Crippen LogP contribution is -2.43. The van der Waals surface area contributed by atoms with Gasteiger partial charge in [0.2, 0.25) is 0 Å². The Hall–Kier alpha value is -0.810. The van der Waals surface area contributed by atoms with Crippen molar-refractivity contribution in [3.05, 3.63) is 0 Å². The number of piperidine rings is 1. The third-order valence-corrected chi connectivity index (χ3v) is 5.63. The van der Waals surface area contributed by atoms with E-state index in [1.54, 1.807) is 0 Å². The lowest BCUT2D eigenvalue weighted by molar-refractivity contribution is 0.183. The number of rotatable bonds is 8. The van der Waals surface area contributed by atoms with E-state index in [1.165, 1.54) is 58.0 Å². The molecule has 1 aliphatic heterocycles. The van der Waals surface area contributed by atoms with Crippen molar-refractivity contribution in [3.63, 3.8) is 0 Å². The first-order chi connectivity index (χ1) is 11.6. The number of nitrogens with zero attached hydrogens (tertiary/aromatic N) is 2. The molecule has 1 aliphatic carbocycles. The highest BCUT2D eigenvalue weighted by Crippen LogP contribution is 2.21. The van der Waals surface area contributed by atoms with E-state index in [-0.39, 0.29) is 6.03 Å². The lowest BCUT2D eigenvalue weighted by atomic mass is 9.94. The molecule has 2 N–H and O–H groups in total. The Morgan fingerprint density at radius 2 is 1.83 bits per heavy atom. The highest BCUT2D eigenvalue weighted by Gasteiger charge is 2.17. The first-order valence-electron chi connectivity index (χ1n) is 10.1. The van der Waals surface area contributed by atoms with Gasteiger partial charge in [0.05, 0.1) is 0 Å². The van der Waals surface area contributed by atoms with Crippen molar-refractivity contribution in [1.29, 1.82) is 0 Å². The molecule has 1 atom stereocenters. The molecule has 140 valence electrons.